The van der Waals surface area contributed by atoms with Crippen LogP contribution in [0.15, 0.2) is 28.8 Å². The summed E-state index contributed by atoms with van der Waals surface area (Å²) in [6, 6.07) is 4.32. The maximum atomic E-state index is 13.1. The van der Waals surface area contributed by atoms with Crippen molar-refractivity contribution in [2.75, 3.05) is 13.1 Å². The number of benzene rings is 1. The van der Waals surface area contributed by atoms with Crippen molar-refractivity contribution >= 4 is 11.8 Å². The summed E-state index contributed by atoms with van der Waals surface area (Å²) in [5.74, 6) is -0.768. The molecule has 2 aromatic rings. The van der Waals surface area contributed by atoms with Crippen LogP contribution in [0.2, 0.25) is 0 Å². The van der Waals surface area contributed by atoms with Crippen LogP contribution in [0.25, 0.3) is 11.3 Å². The Kier molecular flexibility index (Phi) is 7.46. The molecule has 0 radical (unpaired) electrons. The third kappa shape index (κ3) is 6.02. The molecular formula is C24H29F3N4O4. The van der Waals surface area contributed by atoms with Crippen molar-refractivity contribution in [3.05, 3.63) is 41.1 Å². The minimum absolute atomic E-state index is 0.0667. The van der Waals surface area contributed by atoms with Crippen LogP contribution < -0.4 is 11.1 Å². The summed E-state index contributed by atoms with van der Waals surface area (Å²) >= 11 is 0. The summed E-state index contributed by atoms with van der Waals surface area (Å²) < 4.78 is 44.5. The smallest absolute Gasteiger partial charge is 0.393 e. The molecule has 2 heterocycles. The second-order valence-electron chi connectivity index (χ2n) is 9.36. The molecule has 1 aromatic heterocycles. The number of carbonyl (C=O) groups is 2. The third-order valence-corrected chi connectivity index (χ3v) is 6.83. The van der Waals surface area contributed by atoms with Gasteiger partial charge in [-0.15, -0.1) is 0 Å². The van der Waals surface area contributed by atoms with Crippen molar-refractivity contribution < 1.29 is 32.4 Å². The summed E-state index contributed by atoms with van der Waals surface area (Å²) in [6.07, 6.45) is -1.10. The van der Waals surface area contributed by atoms with E-state index >= 15 is 0 Å². The molecule has 1 saturated heterocycles. The highest BCUT2D eigenvalue weighted by Crippen LogP contribution is 2.34. The Bertz CT molecular complexity index is 1050. The van der Waals surface area contributed by atoms with Gasteiger partial charge in [0.1, 0.15) is 0 Å². The highest BCUT2D eigenvalue weighted by Gasteiger charge is 2.32. The van der Waals surface area contributed by atoms with Gasteiger partial charge in [-0.2, -0.15) is 13.2 Å². The van der Waals surface area contributed by atoms with Crippen LogP contribution in [-0.4, -0.2) is 52.2 Å². The molecule has 1 saturated carbocycles. The number of halogens is 3. The van der Waals surface area contributed by atoms with E-state index < -0.39 is 23.8 Å². The van der Waals surface area contributed by atoms with Crippen LogP contribution in [0.1, 0.15) is 60.1 Å². The lowest BCUT2D eigenvalue weighted by Crippen LogP contribution is -2.41. The Morgan fingerprint density at radius 1 is 1.14 bits per heavy atom. The Hall–Kier alpha value is -2.92. The number of carbonyl (C=O) groups excluding carboxylic acids is 2. The first kappa shape index (κ1) is 25.2. The fourth-order valence-corrected chi connectivity index (χ4v) is 4.82. The molecule has 190 valence electrons. The Morgan fingerprint density at radius 2 is 1.83 bits per heavy atom. The summed E-state index contributed by atoms with van der Waals surface area (Å²) in [4.78, 5) is 26.7. The number of hydrogen-bond acceptors (Lipinski definition) is 6. The normalized spacial score (nSPS) is 22.2. The molecule has 35 heavy (non-hydrogen) atoms. The van der Waals surface area contributed by atoms with Gasteiger partial charge in [0.15, 0.2) is 11.5 Å². The first-order valence-electron chi connectivity index (χ1n) is 11.8. The maximum absolute atomic E-state index is 13.1. The average molecular weight is 495 g/mol. The number of hydrogen-bond donors (Lipinski definition) is 3. The van der Waals surface area contributed by atoms with E-state index in [1.165, 1.54) is 12.1 Å². The number of amides is 2. The van der Waals surface area contributed by atoms with Crippen molar-refractivity contribution in [3.63, 3.8) is 0 Å². The number of aliphatic hydroxyl groups is 1. The van der Waals surface area contributed by atoms with Gasteiger partial charge in [0.05, 0.1) is 11.7 Å². The molecule has 0 bridgehead atoms. The van der Waals surface area contributed by atoms with Gasteiger partial charge in [0.25, 0.3) is 5.91 Å². The number of nitrogens with one attached hydrogen (secondary N) is 1. The second kappa shape index (κ2) is 10.4. The predicted molar refractivity (Wildman–Crippen MR) is 120 cm³/mol. The summed E-state index contributed by atoms with van der Waals surface area (Å²) in [7, 11) is 0. The van der Waals surface area contributed by atoms with E-state index in [0.717, 1.165) is 25.0 Å². The Labute approximate surface area is 200 Å². The van der Waals surface area contributed by atoms with Gasteiger partial charge in [-0.3, -0.25) is 14.5 Å². The fourth-order valence-electron chi connectivity index (χ4n) is 4.82. The maximum Gasteiger partial charge on any atom is 0.416 e. The topological polar surface area (TPSA) is 122 Å². The van der Waals surface area contributed by atoms with Gasteiger partial charge in [-0.25, -0.2) is 0 Å². The van der Waals surface area contributed by atoms with Gasteiger partial charge in [-0.1, -0.05) is 17.3 Å². The first-order chi connectivity index (χ1) is 16.6. The molecule has 11 heteroatoms. The lowest BCUT2D eigenvalue weighted by atomic mass is 9.93. The molecule has 2 aliphatic rings. The number of likely N-dealkylation sites (tertiary alicyclic amines) is 1. The standard InChI is InChI=1S/C24H29F3N4O4/c25-24(26,27)16-6-4-14(5-7-16)21-19(13-31-10-8-15(9-11-31)22(28)33)20(30-35-21)23(34)29-17-2-1-3-18(32)12-17/h4-7,15,17-18,32H,1-3,8-13H2,(H2,28,33)(H,29,34). The number of rotatable bonds is 6. The number of nitrogens with zero attached hydrogens (tertiary/aromatic N) is 2. The molecule has 0 spiro atoms. The van der Waals surface area contributed by atoms with E-state index in [9.17, 15) is 27.9 Å². The van der Waals surface area contributed by atoms with Crippen molar-refractivity contribution in [3.8, 4) is 11.3 Å². The Morgan fingerprint density at radius 3 is 2.43 bits per heavy atom. The van der Waals surface area contributed by atoms with Crippen LogP contribution in [-0.2, 0) is 17.5 Å². The van der Waals surface area contributed by atoms with Crippen LogP contribution >= 0.6 is 0 Å². The van der Waals surface area contributed by atoms with E-state index in [1.807, 2.05) is 4.90 Å². The van der Waals surface area contributed by atoms with Crippen LogP contribution in [0.3, 0.4) is 0 Å². The minimum Gasteiger partial charge on any atom is -0.393 e. The number of primary amides is 1. The molecule has 2 fully saturated rings. The molecule has 2 amide bonds. The van der Waals surface area contributed by atoms with Crippen LogP contribution in [0.5, 0.6) is 0 Å². The summed E-state index contributed by atoms with van der Waals surface area (Å²) in [5.41, 5.74) is 5.54. The Balaban J connectivity index is 1.59. The van der Waals surface area contributed by atoms with E-state index in [4.69, 9.17) is 10.3 Å². The quantitative estimate of drug-likeness (QED) is 0.568. The van der Waals surface area contributed by atoms with Crippen molar-refractivity contribution in [1.82, 2.24) is 15.4 Å². The number of nitrogens with two attached hydrogens (primary N) is 1. The minimum atomic E-state index is -4.47. The largest absolute Gasteiger partial charge is 0.416 e. The SMILES string of the molecule is NC(=O)C1CCN(Cc2c(C(=O)NC3CCCC(O)C3)noc2-c2ccc(C(F)(F)F)cc2)CC1. The van der Waals surface area contributed by atoms with Crippen molar-refractivity contribution in [1.29, 1.82) is 0 Å². The van der Waals surface area contributed by atoms with E-state index in [1.54, 1.807) is 0 Å². The van der Waals surface area contributed by atoms with Crippen LogP contribution in [0.4, 0.5) is 13.2 Å². The van der Waals surface area contributed by atoms with E-state index in [-0.39, 0.29) is 35.9 Å². The molecule has 1 aliphatic carbocycles. The zero-order valence-corrected chi connectivity index (χ0v) is 19.2. The molecule has 8 nitrogen and oxygen atoms in total. The molecule has 2 unspecified atom stereocenters. The lowest BCUT2D eigenvalue weighted by Gasteiger charge is -2.30. The summed E-state index contributed by atoms with van der Waals surface area (Å²) in [6.45, 7) is 1.42. The zero-order chi connectivity index (χ0) is 25.2. The highest BCUT2D eigenvalue weighted by molar-refractivity contribution is 5.95. The molecule has 2 atom stereocenters. The van der Waals surface area contributed by atoms with Crippen molar-refractivity contribution in [2.24, 2.45) is 11.7 Å². The zero-order valence-electron chi connectivity index (χ0n) is 19.2. The number of aromatic nitrogens is 1. The monoisotopic (exact) mass is 494 g/mol. The van der Waals surface area contributed by atoms with Gasteiger partial charge in [-0.05, 0) is 63.7 Å². The third-order valence-electron chi connectivity index (χ3n) is 6.83. The van der Waals surface area contributed by atoms with E-state index in [0.29, 0.717) is 49.9 Å². The molecule has 1 aromatic carbocycles. The lowest BCUT2D eigenvalue weighted by molar-refractivity contribution is -0.137. The van der Waals surface area contributed by atoms with Gasteiger partial charge < -0.3 is 20.7 Å². The summed E-state index contributed by atoms with van der Waals surface area (Å²) in [5, 5.41) is 16.8. The van der Waals surface area contributed by atoms with E-state index in [2.05, 4.69) is 10.5 Å². The second-order valence-corrected chi connectivity index (χ2v) is 9.36. The van der Waals surface area contributed by atoms with Crippen molar-refractivity contribution in [2.45, 2.75) is 63.4 Å². The number of aliphatic hydroxyl groups excluding tert-OH is 1. The van der Waals surface area contributed by atoms with Gasteiger partial charge in [0.2, 0.25) is 5.91 Å². The predicted octanol–water partition coefficient (Wildman–Crippen LogP) is 3.09. The number of alkyl halides is 3. The molecule has 1 aliphatic heterocycles. The first-order valence-corrected chi connectivity index (χ1v) is 11.8. The van der Waals surface area contributed by atoms with Crippen LogP contribution in [0, 0.1) is 5.92 Å². The fraction of sp³-hybridized carbons (Fsp3) is 0.542. The molecule has 4 N–H and O–H groups in total. The highest BCUT2D eigenvalue weighted by atomic mass is 19.4. The van der Waals surface area contributed by atoms with Gasteiger partial charge >= 0.3 is 6.18 Å². The average Bonchev–Trinajstić information content (AvgIpc) is 3.22. The molecule has 4 rings (SSSR count). The molecular weight excluding hydrogens is 465 g/mol. The number of piperidine rings is 1. The van der Waals surface area contributed by atoms with Gasteiger partial charge in [0, 0.05) is 29.6 Å².